The van der Waals surface area contributed by atoms with E-state index in [1.165, 1.54) is 0 Å². The van der Waals surface area contributed by atoms with Gasteiger partial charge < -0.3 is 15.0 Å². The molecular weight excluding hydrogens is 374 g/mol. The Hall–Kier alpha value is -2.93. The molecule has 1 N–H and O–H groups in total. The predicted molar refractivity (Wildman–Crippen MR) is 112 cm³/mol. The van der Waals surface area contributed by atoms with E-state index in [4.69, 9.17) is 4.74 Å². The van der Waals surface area contributed by atoms with E-state index in [9.17, 15) is 9.59 Å². The number of aromatic nitrogens is 1. The molecule has 3 aromatic rings. The molecule has 7 heteroatoms. The number of nitrogens with one attached hydrogen (secondary N) is 1. The maximum absolute atomic E-state index is 12.6. The van der Waals surface area contributed by atoms with E-state index in [0.717, 1.165) is 15.2 Å². The second kappa shape index (κ2) is 9.32. The SMILES string of the molecule is CCN(CC(=O)Nc1ccccc1OC)C(=O)CCc1nc2ccccc2s1. The first-order valence-corrected chi connectivity index (χ1v) is 9.97. The molecule has 0 atom stereocenters. The number of thiazole rings is 1. The minimum Gasteiger partial charge on any atom is -0.495 e. The number of benzene rings is 2. The lowest BCUT2D eigenvalue weighted by molar-refractivity contribution is -0.134. The van der Waals surface area contributed by atoms with Crippen molar-refractivity contribution < 1.29 is 14.3 Å². The Balaban J connectivity index is 1.56. The van der Waals surface area contributed by atoms with Crippen LogP contribution in [-0.4, -0.2) is 41.9 Å². The molecule has 2 aromatic carbocycles. The standard InChI is InChI=1S/C21H23N3O3S/c1-3-24(14-19(25)22-15-8-4-6-10-17(15)27-2)21(26)13-12-20-23-16-9-5-7-11-18(16)28-20/h4-11H,3,12-14H2,1-2H3,(H,22,25). The van der Waals surface area contributed by atoms with Crippen LogP contribution >= 0.6 is 11.3 Å². The molecule has 2 amide bonds. The lowest BCUT2D eigenvalue weighted by Crippen LogP contribution is -2.38. The van der Waals surface area contributed by atoms with Crippen molar-refractivity contribution in [2.24, 2.45) is 0 Å². The summed E-state index contributed by atoms with van der Waals surface area (Å²) in [5, 5.41) is 3.74. The minimum atomic E-state index is -0.250. The molecule has 28 heavy (non-hydrogen) atoms. The zero-order chi connectivity index (χ0) is 19.9. The van der Waals surface area contributed by atoms with Crippen LogP contribution in [0.2, 0.25) is 0 Å². The van der Waals surface area contributed by atoms with E-state index in [0.29, 0.717) is 30.8 Å². The van der Waals surface area contributed by atoms with Gasteiger partial charge in [-0.3, -0.25) is 9.59 Å². The number of fused-ring (bicyclic) bond motifs is 1. The molecular formula is C21H23N3O3S. The number of methoxy groups -OCH3 is 1. The fourth-order valence-corrected chi connectivity index (χ4v) is 3.85. The molecule has 0 bridgehead atoms. The molecule has 3 rings (SSSR count). The number of amides is 2. The molecule has 0 aliphatic carbocycles. The molecule has 0 aliphatic rings. The third-order valence-electron chi connectivity index (χ3n) is 4.34. The van der Waals surface area contributed by atoms with Gasteiger partial charge in [0.25, 0.3) is 0 Å². The van der Waals surface area contributed by atoms with E-state index in [-0.39, 0.29) is 18.4 Å². The molecule has 1 heterocycles. The van der Waals surface area contributed by atoms with E-state index in [2.05, 4.69) is 10.3 Å². The Kier molecular flexibility index (Phi) is 6.60. The Bertz CT molecular complexity index is 937. The average Bonchev–Trinajstić information content (AvgIpc) is 3.13. The topological polar surface area (TPSA) is 71.5 Å². The van der Waals surface area contributed by atoms with Crippen molar-refractivity contribution in [3.8, 4) is 5.75 Å². The van der Waals surface area contributed by atoms with Crippen molar-refractivity contribution in [2.75, 3.05) is 25.5 Å². The highest BCUT2D eigenvalue weighted by Crippen LogP contribution is 2.24. The Morgan fingerprint density at radius 3 is 2.64 bits per heavy atom. The maximum Gasteiger partial charge on any atom is 0.244 e. The molecule has 0 radical (unpaired) electrons. The number of nitrogens with zero attached hydrogens (tertiary/aromatic N) is 2. The molecule has 6 nitrogen and oxygen atoms in total. The molecule has 1 aromatic heterocycles. The van der Waals surface area contributed by atoms with E-state index >= 15 is 0 Å². The highest BCUT2D eigenvalue weighted by molar-refractivity contribution is 7.18. The van der Waals surface area contributed by atoms with Crippen LogP contribution in [0.3, 0.4) is 0 Å². The smallest absolute Gasteiger partial charge is 0.244 e. The van der Waals surface area contributed by atoms with Gasteiger partial charge in [0.05, 0.1) is 34.6 Å². The molecule has 146 valence electrons. The van der Waals surface area contributed by atoms with E-state index < -0.39 is 0 Å². The second-order valence-electron chi connectivity index (χ2n) is 6.23. The van der Waals surface area contributed by atoms with E-state index in [1.807, 2.05) is 43.3 Å². The number of ether oxygens (including phenoxy) is 1. The van der Waals surface area contributed by atoms with Gasteiger partial charge in [0.2, 0.25) is 11.8 Å². The van der Waals surface area contributed by atoms with Crippen molar-refractivity contribution >= 4 is 39.1 Å². The molecule has 0 aliphatic heterocycles. The number of aryl methyl sites for hydroxylation is 1. The van der Waals surface area contributed by atoms with Gasteiger partial charge in [0.1, 0.15) is 5.75 Å². The first-order valence-electron chi connectivity index (χ1n) is 9.15. The highest BCUT2D eigenvalue weighted by Gasteiger charge is 2.17. The maximum atomic E-state index is 12.6. The zero-order valence-electron chi connectivity index (χ0n) is 16.0. The molecule has 0 saturated heterocycles. The normalized spacial score (nSPS) is 10.6. The Morgan fingerprint density at radius 2 is 1.89 bits per heavy atom. The third-order valence-corrected chi connectivity index (χ3v) is 5.44. The summed E-state index contributed by atoms with van der Waals surface area (Å²) in [6, 6.07) is 15.1. The summed E-state index contributed by atoms with van der Waals surface area (Å²) in [6.45, 7) is 2.34. The van der Waals surface area contributed by atoms with Gasteiger partial charge in [0.15, 0.2) is 0 Å². The summed E-state index contributed by atoms with van der Waals surface area (Å²) in [5.41, 5.74) is 1.55. The van der Waals surface area contributed by atoms with Crippen LogP contribution < -0.4 is 10.1 Å². The Morgan fingerprint density at radius 1 is 1.14 bits per heavy atom. The largest absolute Gasteiger partial charge is 0.495 e. The van der Waals surface area contributed by atoms with Gasteiger partial charge >= 0.3 is 0 Å². The quantitative estimate of drug-likeness (QED) is 0.629. The van der Waals surface area contributed by atoms with Crippen molar-refractivity contribution in [3.05, 3.63) is 53.5 Å². The number of anilines is 1. The van der Waals surface area contributed by atoms with Crippen LogP contribution in [0.4, 0.5) is 5.69 Å². The summed E-state index contributed by atoms with van der Waals surface area (Å²) < 4.78 is 6.36. The number of hydrogen-bond acceptors (Lipinski definition) is 5. The molecule has 0 unspecified atom stereocenters. The summed E-state index contributed by atoms with van der Waals surface area (Å²) in [4.78, 5) is 31.1. The first-order chi connectivity index (χ1) is 13.6. The number of rotatable bonds is 8. The molecule has 0 spiro atoms. The summed E-state index contributed by atoms with van der Waals surface area (Å²) in [6.07, 6.45) is 0.901. The van der Waals surface area contributed by atoms with Crippen LogP contribution in [-0.2, 0) is 16.0 Å². The lowest BCUT2D eigenvalue weighted by atomic mass is 10.2. The predicted octanol–water partition coefficient (Wildman–Crippen LogP) is 3.72. The zero-order valence-corrected chi connectivity index (χ0v) is 16.8. The molecule has 0 saturated carbocycles. The highest BCUT2D eigenvalue weighted by atomic mass is 32.1. The fourth-order valence-electron chi connectivity index (χ4n) is 2.89. The minimum absolute atomic E-state index is 0.00717. The fraction of sp³-hybridized carbons (Fsp3) is 0.286. The van der Waals surface area contributed by atoms with Crippen LogP contribution in [0.1, 0.15) is 18.4 Å². The van der Waals surface area contributed by atoms with Gasteiger partial charge in [-0.25, -0.2) is 4.98 Å². The monoisotopic (exact) mass is 397 g/mol. The van der Waals surface area contributed by atoms with Gasteiger partial charge in [-0.2, -0.15) is 0 Å². The van der Waals surface area contributed by atoms with Gasteiger partial charge in [0, 0.05) is 19.4 Å². The lowest BCUT2D eigenvalue weighted by Gasteiger charge is -2.20. The average molecular weight is 398 g/mol. The van der Waals surface area contributed by atoms with Crippen LogP contribution in [0.25, 0.3) is 10.2 Å². The number of carbonyl (C=O) groups excluding carboxylic acids is 2. The summed E-state index contributed by atoms with van der Waals surface area (Å²) >= 11 is 1.60. The number of hydrogen-bond donors (Lipinski definition) is 1. The first kappa shape index (κ1) is 19.8. The van der Waals surface area contributed by atoms with Crippen molar-refractivity contribution in [1.82, 2.24) is 9.88 Å². The summed E-state index contributed by atoms with van der Waals surface area (Å²) in [5.74, 6) is 0.276. The molecule has 0 fully saturated rings. The van der Waals surface area contributed by atoms with Crippen LogP contribution in [0.5, 0.6) is 5.75 Å². The van der Waals surface area contributed by atoms with Crippen molar-refractivity contribution in [3.63, 3.8) is 0 Å². The number of likely N-dealkylation sites (N-methyl/N-ethyl adjacent to an activating group) is 1. The van der Waals surface area contributed by atoms with Crippen molar-refractivity contribution in [2.45, 2.75) is 19.8 Å². The van der Waals surface area contributed by atoms with Gasteiger partial charge in [-0.15, -0.1) is 11.3 Å². The number of carbonyl (C=O) groups is 2. The third kappa shape index (κ3) is 4.86. The van der Waals surface area contributed by atoms with Crippen molar-refractivity contribution in [1.29, 1.82) is 0 Å². The van der Waals surface area contributed by atoms with Crippen LogP contribution in [0, 0.1) is 0 Å². The van der Waals surface area contributed by atoms with Crippen LogP contribution in [0.15, 0.2) is 48.5 Å². The van der Waals surface area contributed by atoms with E-state index in [1.54, 1.807) is 35.5 Å². The van der Waals surface area contributed by atoms with Gasteiger partial charge in [-0.1, -0.05) is 24.3 Å². The number of para-hydroxylation sites is 3. The summed E-state index contributed by atoms with van der Waals surface area (Å²) in [7, 11) is 1.55. The Labute approximate surface area is 168 Å². The second-order valence-corrected chi connectivity index (χ2v) is 7.35. The van der Waals surface area contributed by atoms with Gasteiger partial charge in [-0.05, 0) is 31.2 Å².